The normalized spacial score (nSPS) is 17.1. The van der Waals surface area contributed by atoms with Crippen LogP contribution in [0, 0.1) is 29.6 Å². The van der Waals surface area contributed by atoms with Crippen LogP contribution in [-0.2, 0) is 0 Å². The lowest BCUT2D eigenvalue weighted by atomic mass is 9.77. The van der Waals surface area contributed by atoms with Crippen LogP contribution in [0.25, 0.3) is 0 Å². The van der Waals surface area contributed by atoms with Crippen LogP contribution in [0.2, 0.25) is 0 Å². The maximum absolute atomic E-state index is 3.34. The molecule has 1 aliphatic rings. The van der Waals surface area contributed by atoms with Crippen LogP contribution in [0.1, 0.15) is 145 Å². The monoisotopic (exact) mass is 480 g/mol. The topological polar surface area (TPSA) is 0 Å². The van der Waals surface area contributed by atoms with Gasteiger partial charge in [-0.2, -0.15) is 0 Å². The Morgan fingerprint density at radius 3 is 1.67 bits per heavy atom. The van der Waals surface area contributed by atoms with Gasteiger partial charge in [0, 0.05) is 23.1 Å². The standard InChI is InChI=1S/C36H48/c1-3-5-7-9-11-13-15-31-17-19-33(20-18-31)21-22-34-25-29-36(30-26-34)35-27-23-32(24-28-35)16-14-12-10-8-6-4-2/h17-20,25-26,29-30,32,35H,3-12,14,16,23-24,27-28H2,1-2H3/t32-,35-. The molecule has 0 nitrogen and oxygen atoms in total. The molecule has 1 fully saturated rings. The first-order valence-corrected chi connectivity index (χ1v) is 15.0. The number of hydrogen-bond donors (Lipinski definition) is 0. The van der Waals surface area contributed by atoms with Crippen molar-refractivity contribution < 1.29 is 0 Å². The summed E-state index contributed by atoms with van der Waals surface area (Å²) in [4.78, 5) is 0. The van der Waals surface area contributed by atoms with Crippen LogP contribution in [0.4, 0.5) is 0 Å². The molecule has 0 heterocycles. The molecule has 0 saturated heterocycles. The van der Waals surface area contributed by atoms with E-state index in [9.17, 15) is 0 Å². The summed E-state index contributed by atoms with van der Waals surface area (Å²) in [7, 11) is 0. The van der Waals surface area contributed by atoms with Crippen LogP contribution in [0.5, 0.6) is 0 Å². The van der Waals surface area contributed by atoms with E-state index < -0.39 is 0 Å². The molecule has 1 aliphatic carbocycles. The maximum atomic E-state index is 3.34. The van der Waals surface area contributed by atoms with Crippen molar-refractivity contribution in [2.24, 2.45) is 5.92 Å². The first-order valence-electron chi connectivity index (χ1n) is 15.0. The molecule has 0 aromatic heterocycles. The molecule has 0 radical (unpaired) electrons. The van der Waals surface area contributed by atoms with Gasteiger partial charge in [-0.3, -0.25) is 0 Å². The van der Waals surface area contributed by atoms with E-state index in [2.05, 4.69) is 86.1 Å². The van der Waals surface area contributed by atoms with Gasteiger partial charge in [-0.05, 0) is 85.9 Å². The van der Waals surface area contributed by atoms with Gasteiger partial charge in [0.15, 0.2) is 0 Å². The average molecular weight is 481 g/mol. The minimum Gasteiger partial charge on any atom is -0.0979 e. The SMILES string of the molecule is CCCCCCC#Cc1ccc(C#Cc2ccc([C@H]3CC[C@H](CCCCCCCC)CC3)cc2)cc1. The smallest absolute Gasteiger partial charge is 0.0249 e. The third-order valence-electron chi connectivity index (χ3n) is 7.82. The highest BCUT2D eigenvalue weighted by Crippen LogP contribution is 2.37. The Hall–Kier alpha value is -2.44. The Balaban J connectivity index is 1.39. The molecule has 0 bridgehead atoms. The maximum Gasteiger partial charge on any atom is 0.0249 e. The van der Waals surface area contributed by atoms with Crippen molar-refractivity contribution in [3.8, 4) is 23.7 Å². The molecule has 0 amide bonds. The summed E-state index contributed by atoms with van der Waals surface area (Å²) in [6, 6.07) is 17.4. The first kappa shape index (κ1) is 28.1. The predicted molar refractivity (Wildman–Crippen MR) is 157 cm³/mol. The largest absolute Gasteiger partial charge is 0.0979 e. The van der Waals surface area contributed by atoms with Crippen LogP contribution < -0.4 is 0 Å². The molecule has 0 spiro atoms. The minimum absolute atomic E-state index is 0.744. The molecule has 36 heavy (non-hydrogen) atoms. The van der Waals surface area contributed by atoms with E-state index in [4.69, 9.17) is 0 Å². The number of rotatable bonds is 12. The molecule has 3 rings (SSSR count). The minimum atomic E-state index is 0.744. The quantitative estimate of drug-likeness (QED) is 0.209. The van der Waals surface area contributed by atoms with E-state index in [1.807, 2.05) is 0 Å². The summed E-state index contributed by atoms with van der Waals surface area (Å²) in [5, 5.41) is 0. The van der Waals surface area contributed by atoms with Crippen molar-refractivity contribution in [1.82, 2.24) is 0 Å². The summed E-state index contributed by atoms with van der Waals surface area (Å²) in [5.74, 6) is 15.0. The van der Waals surface area contributed by atoms with Crippen molar-refractivity contribution in [3.05, 3.63) is 70.8 Å². The number of benzene rings is 2. The molecule has 192 valence electrons. The van der Waals surface area contributed by atoms with Gasteiger partial charge in [0.2, 0.25) is 0 Å². The fourth-order valence-electron chi connectivity index (χ4n) is 5.42. The third kappa shape index (κ3) is 10.7. The number of hydrogen-bond acceptors (Lipinski definition) is 0. The summed E-state index contributed by atoms with van der Waals surface area (Å²) >= 11 is 0. The molecule has 0 unspecified atom stereocenters. The number of unbranched alkanes of at least 4 members (excludes halogenated alkanes) is 9. The first-order chi connectivity index (χ1) is 17.8. The second-order valence-electron chi connectivity index (χ2n) is 10.8. The van der Waals surface area contributed by atoms with Crippen LogP contribution in [0.3, 0.4) is 0 Å². The van der Waals surface area contributed by atoms with Crippen molar-refractivity contribution >= 4 is 0 Å². The molecule has 0 atom stereocenters. The summed E-state index contributed by atoms with van der Waals surface area (Å²) in [6.07, 6.45) is 21.6. The van der Waals surface area contributed by atoms with E-state index in [-0.39, 0.29) is 0 Å². The molecule has 2 aromatic carbocycles. The molecule has 0 N–H and O–H groups in total. The highest BCUT2D eigenvalue weighted by Gasteiger charge is 2.21. The zero-order valence-electron chi connectivity index (χ0n) is 23.1. The third-order valence-corrected chi connectivity index (χ3v) is 7.82. The van der Waals surface area contributed by atoms with Crippen molar-refractivity contribution in [2.75, 3.05) is 0 Å². The van der Waals surface area contributed by atoms with Gasteiger partial charge in [0.25, 0.3) is 0 Å². The lowest BCUT2D eigenvalue weighted by molar-refractivity contribution is 0.302. The molecule has 1 saturated carbocycles. The van der Waals surface area contributed by atoms with Gasteiger partial charge in [-0.25, -0.2) is 0 Å². The highest BCUT2D eigenvalue weighted by molar-refractivity contribution is 5.46. The second kappa shape index (κ2) is 17.1. The zero-order chi connectivity index (χ0) is 25.3. The second-order valence-corrected chi connectivity index (χ2v) is 10.8. The highest BCUT2D eigenvalue weighted by atomic mass is 14.3. The van der Waals surface area contributed by atoms with Gasteiger partial charge < -0.3 is 0 Å². The van der Waals surface area contributed by atoms with Crippen LogP contribution >= 0.6 is 0 Å². The van der Waals surface area contributed by atoms with Gasteiger partial charge in [-0.15, -0.1) is 0 Å². The Kier molecular flexibility index (Phi) is 13.4. The van der Waals surface area contributed by atoms with Gasteiger partial charge >= 0.3 is 0 Å². The zero-order valence-corrected chi connectivity index (χ0v) is 23.1. The van der Waals surface area contributed by atoms with E-state index >= 15 is 0 Å². The lowest BCUT2D eigenvalue weighted by Gasteiger charge is -2.29. The Bertz CT molecular complexity index is 963. The summed E-state index contributed by atoms with van der Waals surface area (Å²) in [6.45, 7) is 4.54. The van der Waals surface area contributed by atoms with Crippen molar-refractivity contribution in [2.45, 2.75) is 122 Å². The molecule has 2 aromatic rings. The Morgan fingerprint density at radius 1 is 0.556 bits per heavy atom. The fourth-order valence-corrected chi connectivity index (χ4v) is 5.42. The van der Waals surface area contributed by atoms with E-state index in [0.29, 0.717) is 0 Å². The van der Waals surface area contributed by atoms with Crippen molar-refractivity contribution in [1.29, 1.82) is 0 Å². The Morgan fingerprint density at radius 2 is 1.06 bits per heavy atom. The molecular weight excluding hydrogens is 432 g/mol. The molecule has 0 heteroatoms. The van der Waals surface area contributed by atoms with Gasteiger partial charge in [-0.1, -0.05) is 114 Å². The molecule has 0 aliphatic heterocycles. The lowest BCUT2D eigenvalue weighted by Crippen LogP contribution is -2.13. The predicted octanol–water partition coefficient (Wildman–Crippen LogP) is 10.4. The van der Waals surface area contributed by atoms with E-state index in [0.717, 1.165) is 34.9 Å². The van der Waals surface area contributed by atoms with E-state index in [1.165, 1.54) is 102 Å². The summed E-state index contributed by atoms with van der Waals surface area (Å²) in [5.41, 5.74) is 4.75. The molecular formula is C36H48. The average Bonchev–Trinajstić information content (AvgIpc) is 2.93. The van der Waals surface area contributed by atoms with Crippen LogP contribution in [0.15, 0.2) is 48.5 Å². The summed E-state index contributed by atoms with van der Waals surface area (Å²) < 4.78 is 0. The van der Waals surface area contributed by atoms with E-state index in [1.54, 1.807) is 0 Å². The fraction of sp³-hybridized carbons (Fsp3) is 0.556. The van der Waals surface area contributed by atoms with Gasteiger partial charge in [0.1, 0.15) is 0 Å². The van der Waals surface area contributed by atoms with Crippen LogP contribution in [-0.4, -0.2) is 0 Å². The Labute approximate surface area is 222 Å². The van der Waals surface area contributed by atoms with Gasteiger partial charge in [0.05, 0.1) is 0 Å². The van der Waals surface area contributed by atoms with Crippen molar-refractivity contribution in [3.63, 3.8) is 0 Å².